The van der Waals surface area contributed by atoms with Crippen molar-refractivity contribution in [1.29, 1.82) is 0 Å². The SMILES string of the molecule is NC1CC1Nc1ncnc2c1CCC2. The quantitative estimate of drug-likeness (QED) is 0.712. The summed E-state index contributed by atoms with van der Waals surface area (Å²) in [6, 6.07) is 0.761. The lowest BCUT2D eigenvalue weighted by Gasteiger charge is -2.08. The van der Waals surface area contributed by atoms with E-state index in [1.807, 2.05) is 0 Å². The molecule has 0 aromatic carbocycles. The molecule has 74 valence electrons. The van der Waals surface area contributed by atoms with Gasteiger partial charge >= 0.3 is 0 Å². The molecule has 1 heterocycles. The highest BCUT2D eigenvalue weighted by Crippen LogP contribution is 2.29. The van der Waals surface area contributed by atoms with Crippen LogP contribution in [0.15, 0.2) is 6.33 Å². The lowest BCUT2D eigenvalue weighted by Crippen LogP contribution is -2.15. The number of nitrogens with zero attached hydrogens (tertiary/aromatic N) is 2. The number of hydrogen-bond donors (Lipinski definition) is 2. The summed E-state index contributed by atoms with van der Waals surface area (Å²) in [5, 5.41) is 3.39. The minimum atomic E-state index is 0.321. The van der Waals surface area contributed by atoms with E-state index >= 15 is 0 Å². The van der Waals surface area contributed by atoms with Crippen molar-refractivity contribution in [2.75, 3.05) is 5.32 Å². The third-order valence-electron chi connectivity index (χ3n) is 3.04. The number of hydrogen-bond acceptors (Lipinski definition) is 4. The van der Waals surface area contributed by atoms with E-state index in [2.05, 4.69) is 15.3 Å². The lowest BCUT2D eigenvalue weighted by atomic mass is 10.2. The molecule has 4 nitrogen and oxygen atoms in total. The number of aryl methyl sites for hydroxylation is 1. The van der Waals surface area contributed by atoms with E-state index in [0.717, 1.165) is 25.1 Å². The zero-order valence-corrected chi connectivity index (χ0v) is 8.03. The van der Waals surface area contributed by atoms with Crippen molar-refractivity contribution in [3.05, 3.63) is 17.6 Å². The van der Waals surface area contributed by atoms with E-state index in [1.165, 1.54) is 17.7 Å². The van der Waals surface area contributed by atoms with Crippen molar-refractivity contribution in [2.45, 2.75) is 37.8 Å². The second kappa shape index (κ2) is 2.92. The van der Waals surface area contributed by atoms with Crippen molar-refractivity contribution in [3.63, 3.8) is 0 Å². The Bertz CT molecular complexity index is 363. The molecule has 4 heteroatoms. The topological polar surface area (TPSA) is 63.8 Å². The molecule has 1 aromatic rings. The molecule has 0 aliphatic heterocycles. The summed E-state index contributed by atoms with van der Waals surface area (Å²) in [6.07, 6.45) is 6.14. The Kier molecular flexibility index (Phi) is 1.70. The molecule has 3 N–H and O–H groups in total. The summed E-state index contributed by atoms with van der Waals surface area (Å²) < 4.78 is 0. The fourth-order valence-electron chi connectivity index (χ4n) is 2.04. The second-order valence-corrected chi connectivity index (χ2v) is 4.15. The van der Waals surface area contributed by atoms with Gasteiger partial charge in [-0.05, 0) is 25.7 Å². The Hall–Kier alpha value is -1.16. The summed E-state index contributed by atoms with van der Waals surface area (Å²) in [6.45, 7) is 0. The van der Waals surface area contributed by atoms with Crippen molar-refractivity contribution in [3.8, 4) is 0 Å². The van der Waals surface area contributed by atoms with E-state index in [1.54, 1.807) is 6.33 Å². The van der Waals surface area contributed by atoms with Crippen LogP contribution in [0, 0.1) is 0 Å². The number of nitrogens with one attached hydrogen (secondary N) is 1. The van der Waals surface area contributed by atoms with Crippen molar-refractivity contribution < 1.29 is 0 Å². The molecule has 1 saturated carbocycles. The van der Waals surface area contributed by atoms with Gasteiger partial charge in [0.2, 0.25) is 0 Å². The standard InChI is InChI=1S/C10H14N4/c11-7-4-9(7)14-10-6-2-1-3-8(6)12-5-13-10/h5,7,9H,1-4,11H2,(H,12,13,14). The summed E-state index contributed by atoms with van der Waals surface area (Å²) >= 11 is 0. The highest BCUT2D eigenvalue weighted by atomic mass is 15.1. The Morgan fingerprint density at radius 3 is 3.00 bits per heavy atom. The van der Waals surface area contributed by atoms with Gasteiger partial charge in [0.15, 0.2) is 0 Å². The first-order chi connectivity index (χ1) is 6.84. The highest BCUT2D eigenvalue weighted by molar-refractivity contribution is 5.49. The van der Waals surface area contributed by atoms with E-state index in [4.69, 9.17) is 5.73 Å². The maximum atomic E-state index is 5.75. The number of rotatable bonds is 2. The van der Waals surface area contributed by atoms with Crippen LogP contribution in [-0.2, 0) is 12.8 Å². The number of fused-ring (bicyclic) bond motifs is 1. The normalized spacial score (nSPS) is 28.6. The minimum Gasteiger partial charge on any atom is -0.365 e. The van der Waals surface area contributed by atoms with Gasteiger partial charge in [-0.3, -0.25) is 0 Å². The molecule has 1 fully saturated rings. The maximum absolute atomic E-state index is 5.75. The Labute approximate surface area is 82.9 Å². The zero-order chi connectivity index (χ0) is 9.54. The van der Waals surface area contributed by atoms with Crippen molar-refractivity contribution in [1.82, 2.24) is 9.97 Å². The zero-order valence-electron chi connectivity index (χ0n) is 8.03. The van der Waals surface area contributed by atoms with Gasteiger partial charge in [-0.25, -0.2) is 9.97 Å². The molecule has 14 heavy (non-hydrogen) atoms. The Morgan fingerprint density at radius 2 is 2.21 bits per heavy atom. The maximum Gasteiger partial charge on any atom is 0.133 e. The monoisotopic (exact) mass is 190 g/mol. The molecule has 2 aliphatic carbocycles. The third-order valence-corrected chi connectivity index (χ3v) is 3.04. The van der Waals surface area contributed by atoms with Crippen LogP contribution in [0.3, 0.4) is 0 Å². The molecule has 2 unspecified atom stereocenters. The predicted molar refractivity (Wildman–Crippen MR) is 54.1 cm³/mol. The molecule has 2 aliphatic rings. The van der Waals surface area contributed by atoms with Gasteiger partial charge in [0, 0.05) is 23.3 Å². The van der Waals surface area contributed by atoms with Gasteiger partial charge in [0.05, 0.1) is 0 Å². The fraction of sp³-hybridized carbons (Fsp3) is 0.600. The van der Waals surface area contributed by atoms with E-state index in [-0.39, 0.29) is 0 Å². The first kappa shape index (κ1) is 8.17. The van der Waals surface area contributed by atoms with Crippen LogP contribution in [0.2, 0.25) is 0 Å². The molecule has 3 rings (SSSR count). The second-order valence-electron chi connectivity index (χ2n) is 4.15. The highest BCUT2D eigenvalue weighted by Gasteiger charge is 2.34. The third kappa shape index (κ3) is 1.26. The lowest BCUT2D eigenvalue weighted by molar-refractivity contribution is 0.899. The van der Waals surface area contributed by atoms with Gasteiger partial charge in [0.25, 0.3) is 0 Å². The van der Waals surface area contributed by atoms with Crippen LogP contribution in [-0.4, -0.2) is 22.1 Å². The molecule has 1 aromatic heterocycles. The molecule has 0 amide bonds. The minimum absolute atomic E-state index is 0.321. The predicted octanol–water partition coefficient (Wildman–Crippen LogP) is 0.477. The Morgan fingerprint density at radius 1 is 1.36 bits per heavy atom. The average molecular weight is 190 g/mol. The van der Waals surface area contributed by atoms with Gasteiger partial charge in [-0.1, -0.05) is 0 Å². The van der Waals surface area contributed by atoms with E-state index < -0.39 is 0 Å². The van der Waals surface area contributed by atoms with E-state index in [0.29, 0.717) is 12.1 Å². The number of aromatic nitrogens is 2. The van der Waals surface area contributed by atoms with Gasteiger partial charge in [0.1, 0.15) is 12.1 Å². The number of nitrogens with two attached hydrogens (primary N) is 1. The molecule has 0 spiro atoms. The molecular weight excluding hydrogens is 176 g/mol. The molecule has 0 bridgehead atoms. The molecule has 0 radical (unpaired) electrons. The van der Waals surface area contributed by atoms with Gasteiger partial charge in [-0.2, -0.15) is 0 Å². The van der Waals surface area contributed by atoms with E-state index in [9.17, 15) is 0 Å². The summed E-state index contributed by atoms with van der Waals surface area (Å²) in [5.41, 5.74) is 8.28. The first-order valence-corrected chi connectivity index (χ1v) is 5.19. The van der Waals surface area contributed by atoms with Crippen LogP contribution in [0.1, 0.15) is 24.1 Å². The average Bonchev–Trinajstić information content (AvgIpc) is 2.69. The van der Waals surface area contributed by atoms with Crippen molar-refractivity contribution >= 4 is 5.82 Å². The van der Waals surface area contributed by atoms with Crippen LogP contribution in [0.5, 0.6) is 0 Å². The van der Waals surface area contributed by atoms with Gasteiger partial charge < -0.3 is 11.1 Å². The summed E-state index contributed by atoms with van der Waals surface area (Å²) in [5.74, 6) is 1.02. The first-order valence-electron chi connectivity index (χ1n) is 5.19. The molecule has 0 saturated heterocycles. The fourth-order valence-corrected chi connectivity index (χ4v) is 2.04. The molecular formula is C10H14N4. The van der Waals surface area contributed by atoms with Crippen LogP contribution in [0.4, 0.5) is 5.82 Å². The summed E-state index contributed by atoms with van der Waals surface area (Å²) in [4.78, 5) is 8.57. The van der Waals surface area contributed by atoms with Crippen LogP contribution < -0.4 is 11.1 Å². The number of anilines is 1. The summed E-state index contributed by atoms with van der Waals surface area (Å²) in [7, 11) is 0. The largest absolute Gasteiger partial charge is 0.365 e. The smallest absolute Gasteiger partial charge is 0.133 e. The molecule has 2 atom stereocenters. The van der Waals surface area contributed by atoms with Crippen molar-refractivity contribution in [2.24, 2.45) is 5.73 Å². The van der Waals surface area contributed by atoms with Gasteiger partial charge in [-0.15, -0.1) is 0 Å². The van der Waals surface area contributed by atoms with Crippen LogP contribution in [0.25, 0.3) is 0 Å². The Balaban J connectivity index is 1.87. The van der Waals surface area contributed by atoms with Crippen LogP contribution >= 0.6 is 0 Å².